The maximum absolute atomic E-state index is 15.8. The van der Waals surface area contributed by atoms with Crippen molar-refractivity contribution in [2.24, 2.45) is 23.0 Å². The molecule has 3 aliphatic rings. The number of primary amides is 1. The predicted molar refractivity (Wildman–Crippen MR) is 146 cm³/mol. The van der Waals surface area contributed by atoms with Crippen molar-refractivity contribution >= 4 is 34.8 Å². The van der Waals surface area contributed by atoms with E-state index in [0.717, 1.165) is 0 Å². The molecule has 2 amide bonds. The van der Waals surface area contributed by atoms with Crippen molar-refractivity contribution < 1.29 is 44.0 Å². The average Bonchev–Trinajstić information content (AvgIpc) is 2.85. The van der Waals surface area contributed by atoms with Gasteiger partial charge in [-0.1, -0.05) is 20.8 Å². The number of Topliss-reactive ketones (excluding diaryl/α,β-unsaturated/α-hetero) is 2. The van der Waals surface area contributed by atoms with Crippen LogP contribution < -0.4 is 11.1 Å². The maximum atomic E-state index is 15.8. The topological polar surface area (TPSA) is 190 Å². The molecule has 0 bridgehead atoms. The van der Waals surface area contributed by atoms with Crippen LogP contribution in [0.25, 0.3) is 5.76 Å². The summed E-state index contributed by atoms with van der Waals surface area (Å²) in [6.45, 7) is 7.21. The number of rotatable bonds is 5. The van der Waals surface area contributed by atoms with Crippen molar-refractivity contribution in [3.8, 4) is 5.75 Å². The van der Waals surface area contributed by atoms with Gasteiger partial charge in [0.1, 0.15) is 22.9 Å². The van der Waals surface area contributed by atoms with E-state index in [1.807, 2.05) is 20.8 Å². The molecule has 12 heteroatoms. The lowest BCUT2D eigenvalue weighted by Crippen LogP contribution is -2.65. The molecular formula is C29H36FN3O8. The van der Waals surface area contributed by atoms with E-state index in [2.05, 4.69) is 5.32 Å². The molecule has 1 fully saturated rings. The SMILES string of the molecule is Cc1c(F)c2c(c(O)c1NC(=O)CCC(C)(C)C)C(O)=C1C(=O)[C@]3(O)C(O)=C(C(N)=O)C(=O)[C@@H](N(C)C)[C@@H]3C[C@@H]1C2. The maximum Gasteiger partial charge on any atom is 0.255 e. The Morgan fingerprint density at radius 3 is 2.32 bits per heavy atom. The quantitative estimate of drug-likeness (QED) is 0.226. The van der Waals surface area contributed by atoms with E-state index in [0.29, 0.717) is 6.42 Å². The number of likely N-dealkylation sites (N-methyl/N-ethyl adjacent to an activating group) is 1. The summed E-state index contributed by atoms with van der Waals surface area (Å²) in [6.07, 6.45) is 0.254. The molecular weight excluding hydrogens is 537 g/mol. The number of halogens is 1. The first-order chi connectivity index (χ1) is 18.8. The number of hydrogen-bond acceptors (Lipinski definition) is 9. The van der Waals surface area contributed by atoms with Crippen molar-refractivity contribution in [1.29, 1.82) is 0 Å². The molecule has 1 aromatic carbocycles. The van der Waals surface area contributed by atoms with E-state index in [1.54, 1.807) is 0 Å². The third kappa shape index (κ3) is 4.58. The molecule has 7 N–H and O–H groups in total. The van der Waals surface area contributed by atoms with E-state index in [4.69, 9.17) is 5.73 Å². The molecule has 222 valence electrons. The van der Waals surface area contributed by atoms with Gasteiger partial charge in [0.25, 0.3) is 5.91 Å². The van der Waals surface area contributed by atoms with Gasteiger partial charge in [-0.25, -0.2) is 4.39 Å². The van der Waals surface area contributed by atoms with E-state index in [9.17, 15) is 39.6 Å². The Bertz CT molecular complexity index is 1450. The Balaban J connectivity index is 1.87. The number of ketones is 2. The standard InChI is InChI=1S/C29H36FN3O8/c1-11-19(30)13-9-12-10-14-21(33(5)6)24(37)18(27(31)40)26(39)29(14,41)25(38)16(12)22(35)17(13)23(36)20(11)32-15(34)7-8-28(2,3)4/h12,14,21,35-36,39,41H,7-10H2,1-6H3,(H2,31,40)(H,32,34)/t12-,14-,21-,29-/m0/s1. The van der Waals surface area contributed by atoms with Gasteiger partial charge in [0.15, 0.2) is 17.1 Å². The predicted octanol–water partition coefficient (Wildman–Crippen LogP) is 2.18. The van der Waals surface area contributed by atoms with Gasteiger partial charge in [-0.05, 0) is 51.6 Å². The Kier molecular flexibility index (Phi) is 7.33. The first-order valence-electron chi connectivity index (χ1n) is 13.3. The van der Waals surface area contributed by atoms with E-state index >= 15 is 4.39 Å². The van der Waals surface area contributed by atoms with Crippen LogP contribution in [-0.4, -0.2) is 74.4 Å². The number of benzene rings is 1. The number of hydrogen-bond donors (Lipinski definition) is 6. The van der Waals surface area contributed by atoms with Gasteiger partial charge in [-0.2, -0.15) is 0 Å². The molecule has 0 heterocycles. The minimum Gasteiger partial charge on any atom is -0.508 e. The van der Waals surface area contributed by atoms with Crippen LogP contribution in [0.5, 0.6) is 5.75 Å². The number of nitrogens with two attached hydrogens (primary N) is 1. The van der Waals surface area contributed by atoms with Crippen LogP contribution in [0.2, 0.25) is 0 Å². The Hall–Kier alpha value is -3.77. The molecule has 4 rings (SSSR count). The number of fused-ring (bicyclic) bond motifs is 3. The molecule has 41 heavy (non-hydrogen) atoms. The molecule has 0 saturated heterocycles. The molecule has 4 atom stereocenters. The van der Waals surface area contributed by atoms with E-state index < -0.39 is 86.7 Å². The highest BCUT2D eigenvalue weighted by Gasteiger charge is 2.64. The van der Waals surface area contributed by atoms with Gasteiger partial charge in [0.05, 0.1) is 17.3 Å². The fourth-order valence-corrected chi connectivity index (χ4v) is 6.31. The Labute approximate surface area is 236 Å². The van der Waals surface area contributed by atoms with E-state index in [-0.39, 0.29) is 41.5 Å². The van der Waals surface area contributed by atoms with Crippen LogP contribution in [0.4, 0.5) is 10.1 Å². The third-order valence-electron chi connectivity index (χ3n) is 8.42. The summed E-state index contributed by atoms with van der Waals surface area (Å²) in [6, 6.07) is -1.24. The summed E-state index contributed by atoms with van der Waals surface area (Å²) in [5.41, 5.74) is 0.198. The summed E-state index contributed by atoms with van der Waals surface area (Å²) < 4.78 is 15.8. The van der Waals surface area contributed by atoms with Gasteiger partial charge in [-0.3, -0.25) is 24.1 Å². The highest BCUT2D eigenvalue weighted by atomic mass is 19.1. The number of aliphatic hydroxyl groups excluding tert-OH is 2. The van der Waals surface area contributed by atoms with Crippen molar-refractivity contribution in [3.05, 3.63) is 39.4 Å². The van der Waals surface area contributed by atoms with Crippen molar-refractivity contribution in [1.82, 2.24) is 4.90 Å². The van der Waals surface area contributed by atoms with Crippen LogP contribution in [-0.2, 0) is 25.6 Å². The fourth-order valence-electron chi connectivity index (χ4n) is 6.31. The summed E-state index contributed by atoms with van der Waals surface area (Å²) in [5.74, 6) is -9.56. The van der Waals surface area contributed by atoms with Gasteiger partial charge in [0.2, 0.25) is 11.7 Å². The minimum absolute atomic E-state index is 0.0639. The summed E-state index contributed by atoms with van der Waals surface area (Å²) in [7, 11) is 2.98. The number of aliphatic hydroxyl groups is 3. The second-order valence-corrected chi connectivity index (χ2v) is 12.6. The first kappa shape index (κ1) is 30.2. The second kappa shape index (κ2) is 9.95. The Morgan fingerprint density at radius 1 is 1.17 bits per heavy atom. The number of phenolic OH excluding ortho intramolecular Hbond substituents is 1. The van der Waals surface area contributed by atoms with Crippen LogP contribution in [0.15, 0.2) is 16.9 Å². The molecule has 1 saturated carbocycles. The number of carbonyl (C=O) groups is 4. The van der Waals surface area contributed by atoms with Crippen LogP contribution in [0.3, 0.4) is 0 Å². The van der Waals surface area contributed by atoms with Crippen LogP contribution >= 0.6 is 0 Å². The lowest BCUT2D eigenvalue weighted by molar-refractivity contribution is -0.153. The zero-order chi connectivity index (χ0) is 30.9. The first-order valence-corrected chi connectivity index (χ1v) is 13.3. The van der Waals surface area contributed by atoms with Crippen LogP contribution in [0, 0.1) is 30.0 Å². The van der Waals surface area contributed by atoms with Gasteiger partial charge >= 0.3 is 0 Å². The summed E-state index contributed by atoms with van der Waals surface area (Å²) >= 11 is 0. The smallest absolute Gasteiger partial charge is 0.255 e. The molecule has 1 aromatic rings. The number of anilines is 1. The monoisotopic (exact) mass is 573 g/mol. The zero-order valence-electron chi connectivity index (χ0n) is 23.9. The number of carbonyl (C=O) groups excluding carboxylic acids is 4. The van der Waals surface area contributed by atoms with Gasteiger partial charge in [-0.15, -0.1) is 0 Å². The van der Waals surface area contributed by atoms with Gasteiger partial charge < -0.3 is 31.5 Å². The van der Waals surface area contributed by atoms with E-state index in [1.165, 1.54) is 25.9 Å². The van der Waals surface area contributed by atoms with Crippen molar-refractivity contribution in [3.63, 3.8) is 0 Å². The number of nitrogens with zero attached hydrogens (tertiary/aromatic N) is 1. The normalized spacial score (nSPS) is 26.1. The molecule has 3 aliphatic carbocycles. The minimum atomic E-state index is -2.80. The second-order valence-electron chi connectivity index (χ2n) is 12.6. The van der Waals surface area contributed by atoms with Crippen molar-refractivity contribution in [2.45, 2.75) is 65.0 Å². The number of aromatic hydroxyl groups is 1. The highest BCUT2D eigenvalue weighted by Crippen LogP contribution is 2.54. The number of phenols is 1. The van der Waals surface area contributed by atoms with Gasteiger partial charge in [0, 0.05) is 29.0 Å². The molecule has 11 nitrogen and oxygen atoms in total. The summed E-state index contributed by atoms with van der Waals surface area (Å²) in [5, 5.41) is 47.6. The lowest BCUT2D eigenvalue weighted by Gasteiger charge is -2.50. The molecule has 0 spiro atoms. The molecule has 0 aromatic heterocycles. The largest absolute Gasteiger partial charge is 0.508 e. The summed E-state index contributed by atoms with van der Waals surface area (Å²) in [4.78, 5) is 53.2. The van der Waals surface area contributed by atoms with Crippen molar-refractivity contribution in [2.75, 3.05) is 19.4 Å². The zero-order valence-corrected chi connectivity index (χ0v) is 23.9. The number of nitrogens with one attached hydrogen (secondary N) is 1. The lowest BCUT2D eigenvalue weighted by atomic mass is 9.57. The third-order valence-corrected chi connectivity index (χ3v) is 8.42. The molecule has 0 unspecified atom stereocenters. The average molecular weight is 574 g/mol. The Morgan fingerprint density at radius 2 is 1.78 bits per heavy atom. The molecule has 0 radical (unpaired) electrons. The van der Waals surface area contributed by atoms with Crippen LogP contribution in [0.1, 0.15) is 56.7 Å². The molecule has 0 aliphatic heterocycles. The fraction of sp³-hybridized carbons (Fsp3) is 0.517. The highest BCUT2D eigenvalue weighted by molar-refractivity contribution is 6.24. The number of amides is 2.